The molecule has 210 valence electrons. The van der Waals surface area contributed by atoms with Gasteiger partial charge in [0.2, 0.25) is 5.75 Å². The molecule has 0 saturated heterocycles. The molecule has 1 aromatic heterocycles. The molecule has 0 spiro atoms. The summed E-state index contributed by atoms with van der Waals surface area (Å²) in [6.45, 7) is 5.05. The highest BCUT2D eigenvalue weighted by atomic mass is 19.1. The van der Waals surface area contributed by atoms with Crippen LogP contribution >= 0.6 is 0 Å². The maximum absolute atomic E-state index is 13.8. The molecular formula is C30H32FN3O6. The van der Waals surface area contributed by atoms with E-state index >= 15 is 0 Å². The number of nitrogens with one attached hydrogen (secondary N) is 1. The third-order valence-electron chi connectivity index (χ3n) is 6.54. The van der Waals surface area contributed by atoms with E-state index < -0.39 is 12.0 Å². The Hall–Kier alpha value is -4.73. The molecule has 10 heteroatoms. The van der Waals surface area contributed by atoms with Gasteiger partial charge in [0, 0.05) is 36.8 Å². The van der Waals surface area contributed by atoms with Crippen molar-refractivity contribution in [2.24, 2.45) is 0 Å². The van der Waals surface area contributed by atoms with E-state index in [0.717, 1.165) is 11.1 Å². The first-order valence-corrected chi connectivity index (χ1v) is 12.8. The second-order valence-electron chi connectivity index (χ2n) is 8.85. The van der Waals surface area contributed by atoms with Gasteiger partial charge >= 0.3 is 6.09 Å². The van der Waals surface area contributed by atoms with E-state index in [0.29, 0.717) is 48.0 Å². The first-order chi connectivity index (χ1) is 19.3. The first kappa shape index (κ1) is 28.3. The fraction of sp³-hybridized carbons (Fsp3) is 0.267. The number of methoxy groups -OCH3 is 3. The third-order valence-corrected chi connectivity index (χ3v) is 6.54. The van der Waals surface area contributed by atoms with Crippen molar-refractivity contribution >= 4 is 28.6 Å². The number of anilines is 1. The monoisotopic (exact) mass is 549 g/mol. The van der Waals surface area contributed by atoms with E-state index in [1.807, 2.05) is 36.7 Å². The van der Waals surface area contributed by atoms with Crippen molar-refractivity contribution in [2.45, 2.75) is 20.4 Å². The molecule has 9 nitrogen and oxygen atoms in total. The topological polar surface area (TPSA) is 91.3 Å². The zero-order valence-corrected chi connectivity index (χ0v) is 23.1. The Morgan fingerprint density at radius 1 is 0.900 bits per heavy atom. The van der Waals surface area contributed by atoms with Crippen LogP contribution in [0, 0.1) is 5.82 Å². The van der Waals surface area contributed by atoms with Gasteiger partial charge in [0.05, 0.1) is 32.5 Å². The molecule has 0 fully saturated rings. The number of fused-ring (bicyclic) bond motifs is 1. The number of hydrogen-bond acceptors (Lipinski definition) is 6. The number of halogens is 1. The molecule has 0 aliphatic rings. The second-order valence-corrected chi connectivity index (χ2v) is 8.85. The van der Waals surface area contributed by atoms with Gasteiger partial charge in [-0.2, -0.15) is 0 Å². The fourth-order valence-electron chi connectivity index (χ4n) is 4.47. The molecule has 0 unspecified atom stereocenters. The number of rotatable bonds is 10. The van der Waals surface area contributed by atoms with Gasteiger partial charge in [-0.05, 0) is 61.9 Å². The number of carbonyl (C=O) groups is 2. The summed E-state index contributed by atoms with van der Waals surface area (Å²) >= 11 is 0. The van der Waals surface area contributed by atoms with Crippen LogP contribution in [-0.4, -0.2) is 55.9 Å². The van der Waals surface area contributed by atoms with Crippen LogP contribution in [0.25, 0.3) is 10.9 Å². The number of amides is 2. The second kappa shape index (κ2) is 12.4. The molecule has 1 heterocycles. The van der Waals surface area contributed by atoms with Crippen LogP contribution in [0.3, 0.4) is 0 Å². The Kier molecular flexibility index (Phi) is 8.78. The number of nitrogens with zero attached hydrogens (tertiary/aromatic N) is 2. The quantitative estimate of drug-likeness (QED) is 0.263. The van der Waals surface area contributed by atoms with Gasteiger partial charge in [-0.3, -0.25) is 4.79 Å². The molecule has 0 atom stereocenters. The number of hydrogen-bond donors (Lipinski definition) is 1. The molecule has 3 aromatic carbocycles. The van der Waals surface area contributed by atoms with Crippen LogP contribution in [0.1, 0.15) is 29.8 Å². The average molecular weight is 550 g/mol. The molecule has 1 N–H and O–H groups in total. The summed E-state index contributed by atoms with van der Waals surface area (Å²) in [6, 6.07) is 14.7. The van der Waals surface area contributed by atoms with Gasteiger partial charge in [0.1, 0.15) is 5.82 Å². The normalized spacial score (nSPS) is 10.8. The summed E-state index contributed by atoms with van der Waals surface area (Å²) in [5, 5.41) is 3.56. The number of aromatic nitrogens is 1. The molecule has 0 bridgehead atoms. The van der Waals surface area contributed by atoms with Crippen molar-refractivity contribution < 1.29 is 32.9 Å². The van der Waals surface area contributed by atoms with Crippen LogP contribution in [0.15, 0.2) is 60.8 Å². The lowest BCUT2D eigenvalue weighted by molar-refractivity contribution is 0.102. The van der Waals surface area contributed by atoms with E-state index in [9.17, 15) is 14.0 Å². The van der Waals surface area contributed by atoms with Crippen LogP contribution < -0.4 is 24.3 Å². The van der Waals surface area contributed by atoms with Gasteiger partial charge < -0.3 is 33.7 Å². The Morgan fingerprint density at radius 2 is 1.60 bits per heavy atom. The minimum Gasteiger partial charge on any atom is -0.493 e. The smallest absolute Gasteiger partial charge is 0.415 e. The number of carbonyl (C=O) groups excluding carboxylic acids is 2. The van der Waals surface area contributed by atoms with Crippen LogP contribution in [-0.2, 0) is 6.54 Å². The Labute approximate surface area is 232 Å². The fourth-order valence-corrected chi connectivity index (χ4v) is 4.47. The molecule has 2 amide bonds. The lowest BCUT2D eigenvalue weighted by Gasteiger charge is -2.20. The summed E-state index contributed by atoms with van der Waals surface area (Å²) in [5.41, 5.74) is 2.09. The SMILES string of the molecule is CCN(CC)C(=O)Oc1ccc2c(ccn2Cc2cccc(F)c2)c1NC(=O)c1cc(OC)c(OC)c(OC)c1. The predicted octanol–water partition coefficient (Wildman–Crippen LogP) is 5.95. The maximum atomic E-state index is 13.8. The van der Waals surface area contributed by atoms with E-state index in [2.05, 4.69) is 5.32 Å². The Bertz CT molecular complexity index is 1500. The predicted molar refractivity (Wildman–Crippen MR) is 150 cm³/mol. The van der Waals surface area contributed by atoms with Crippen LogP contribution in [0.5, 0.6) is 23.0 Å². The summed E-state index contributed by atoms with van der Waals surface area (Å²) in [7, 11) is 4.41. The summed E-state index contributed by atoms with van der Waals surface area (Å²) in [4.78, 5) is 27.9. The molecule has 0 aliphatic heterocycles. The van der Waals surface area contributed by atoms with Gasteiger partial charge in [-0.15, -0.1) is 0 Å². The molecular weight excluding hydrogens is 517 g/mol. The van der Waals surface area contributed by atoms with Crippen molar-refractivity contribution in [3.63, 3.8) is 0 Å². The van der Waals surface area contributed by atoms with Crippen LogP contribution in [0.4, 0.5) is 14.9 Å². The minimum atomic E-state index is -0.535. The highest BCUT2D eigenvalue weighted by Gasteiger charge is 2.22. The average Bonchev–Trinajstić information content (AvgIpc) is 3.36. The molecule has 40 heavy (non-hydrogen) atoms. The van der Waals surface area contributed by atoms with Gasteiger partial charge in [0.25, 0.3) is 5.91 Å². The van der Waals surface area contributed by atoms with Crippen molar-refractivity contribution in [3.05, 3.63) is 77.7 Å². The standard InChI is InChI=1S/C30H32FN3O6/c1-6-33(7-2)30(36)40-24-12-11-23-22(13-14-34(23)18-19-9-8-10-21(31)15-19)27(24)32-29(35)20-16-25(37-3)28(39-5)26(17-20)38-4/h8-17H,6-7,18H2,1-5H3,(H,32,35). The van der Waals surface area contributed by atoms with Gasteiger partial charge in [0.15, 0.2) is 17.2 Å². The van der Waals surface area contributed by atoms with Crippen molar-refractivity contribution in [1.29, 1.82) is 0 Å². The van der Waals surface area contributed by atoms with E-state index in [4.69, 9.17) is 18.9 Å². The summed E-state index contributed by atoms with van der Waals surface area (Å²) in [5.74, 6) is 0.377. The van der Waals surface area contributed by atoms with E-state index in [-0.39, 0.29) is 17.1 Å². The zero-order valence-electron chi connectivity index (χ0n) is 23.1. The lowest BCUT2D eigenvalue weighted by Crippen LogP contribution is -2.33. The Balaban J connectivity index is 1.77. The lowest BCUT2D eigenvalue weighted by atomic mass is 10.1. The maximum Gasteiger partial charge on any atom is 0.415 e. The molecule has 0 radical (unpaired) electrons. The highest BCUT2D eigenvalue weighted by Crippen LogP contribution is 2.39. The first-order valence-electron chi connectivity index (χ1n) is 12.8. The van der Waals surface area contributed by atoms with E-state index in [1.54, 1.807) is 18.2 Å². The number of benzene rings is 3. The zero-order chi connectivity index (χ0) is 28.8. The summed E-state index contributed by atoms with van der Waals surface area (Å²) in [6.07, 6.45) is 1.30. The number of ether oxygens (including phenoxy) is 4. The van der Waals surface area contributed by atoms with Gasteiger partial charge in [-0.1, -0.05) is 12.1 Å². The molecule has 0 aliphatic carbocycles. The molecule has 0 saturated carbocycles. The summed E-state index contributed by atoms with van der Waals surface area (Å²) < 4.78 is 37.6. The molecule has 4 aromatic rings. The van der Waals surface area contributed by atoms with E-state index in [1.165, 1.54) is 50.5 Å². The molecule has 4 rings (SSSR count). The minimum absolute atomic E-state index is 0.189. The van der Waals surface area contributed by atoms with Crippen molar-refractivity contribution in [3.8, 4) is 23.0 Å². The van der Waals surface area contributed by atoms with Crippen molar-refractivity contribution in [1.82, 2.24) is 9.47 Å². The highest BCUT2D eigenvalue weighted by molar-refractivity contribution is 6.11. The largest absolute Gasteiger partial charge is 0.493 e. The van der Waals surface area contributed by atoms with Gasteiger partial charge in [-0.25, -0.2) is 9.18 Å². The van der Waals surface area contributed by atoms with Crippen LogP contribution in [0.2, 0.25) is 0 Å². The Morgan fingerprint density at radius 3 is 2.20 bits per heavy atom. The van der Waals surface area contributed by atoms with Crippen molar-refractivity contribution in [2.75, 3.05) is 39.7 Å². The third kappa shape index (κ3) is 5.80.